The van der Waals surface area contributed by atoms with Gasteiger partial charge in [0.2, 0.25) is 0 Å². The maximum atomic E-state index is 3.80. The van der Waals surface area contributed by atoms with Gasteiger partial charge in [-0.05, 0) is 97.1 Å². The Morgan fingerprint density at radius 3 is 1.86 bits per heavy atom. The number of hydrogen-bond donors (Lipinski definition) is 1. The second-order valence-electron chi connectivity index (χ2n) is 11.7. The Hall–Kier alpha value is -5.08. The molecule has 0 bridgehead atoms. The van der Waals surface area contributed by atoms with Gasteiger partial charge in [0.1, 0.15) is 0 Å². The van der Waals surface area contributed by atoms with E-state index in [1.54, 1.807) is 0 Å². The molecule has 0 atom stereocenters. The molecule has 0 fully saturated rings. The van der Waals surface area contributed by atoms with Crippen molar-refractivity contribution in [3.05, 3.63) is 157 Å². The van der Waals surface area contributed by atoms with Gasteiger partial charge in [0.05, 0.1) is 16.6 Å². The molecule has 1 aromatic heterocycles. The molecule has 42 heavy (non-hydrogen) atoms. The first-order valence-corrected chi connectivity index (χ1v) is 14.6. The van der Waals surface area contributed by atoms with Crippen molar-refractivity contribution < 1.29 is 0 Å². The summed E-state index contributed by atoms with van der Waals surface area (Å²) in [4.78, 5) is 0. The molecule has 2 heteroatoms. The third kappa shape index (κ3) is 4.65. The van der Waals surface area contributed by atoms with Crippen LogP contribution in [-0.4, -0.2) is 4.57 Å². The van der Waals surface area contributed by atoms with Crippen LogP contribution in [0.5, 0.6) is 0 Å². The van der Waals surface area contributed by atoms with E-state index in [-0.39, 0.29) is 5.54 Å². The third-order valence-corrected chi connectivity index (χ3v) is 8.30. The Kier molecular flexibility index (Phi) is 6.40. The minimum absolute atomic E-state index is 0.260. The number of nitrogens with zero attached hydrogens (tertiary/aromatic N) is 1. The smallest absolute Gasteiger partial charge is 0.0575 e. The molecule has 204 valence electrons. The van der Waals surface area contributed by atoms with Gasteiger partial charge in [-0.15, -0.1) is 0 Å². The zero-order chi connectivity index (χ0) is 28.7. The molecule has 0 aliphatic heterocycles. The minimum atomic E-state index is -0.260. The number of hydrogen-bond acceptors (Lipinski definition) is 1. The molecule has 0 aliphatic carbocycles. The van der Waals surface area contributed by atoms with Crippen LogP contribution in [0.3, 0.4) is 0 Å². The highest BCUT2D eigenvalue weighted by Gasteiger charge is 2.24. The summed E-state index contributed by atoms with van der Waals surface area (Å²) in [6.07, 6.45) is 0. The highest BCUT2D eigenvalue weighted by molar-refractivity contribution is 6.10. The number of rotatable bonds is 6. The van der Waals surface area contributed by atoms with Crippen molar-refractivity contribution in [2.24, 2.45) is 0 Å². The van der Waals surface area contributed by atoms with Crippen LogP contribution in [0.4, 0.5) is 5.69 Å². The second-order valence-corrected chi connectivity index (χ2v) is 11.7. The standard InChI is InChI=1S/C40H34N2/c1-28-18-24-38-35(26-28)36-27-31(21-25-39(36)42(38)33-14-8-5-9-15-33)29-19-22-32(23-20-29)41-40(2,3)37-17-11-10-16-34(37)30-12-6-4-7-13-30/h4-27,41H,1-3H3. The maximum absolute atomic E-state index is 3.80. The monoisotopic (exact) mass is 542 g/mol. The third-order valence-electron chi connectivity index (χ3n) is 8.30. The highest BCUT2D eigenvalue weighted by Crippen LogP contribution is 2.37. The number of aryl methyl sites for hydroxylation is 1. The fourth-order valence-corrected chi connectivity index (χ4v) is 6.24. The predicted molar refractivity (Wildman–Crippen MR) is 179 cm³/mol. The lowest BCUT2D eigenvalue weighted by atomic mass is 9.86. The van der Waals surface area contributed by atoms with Crippen LogP contribution in [-0.2, 0) is 5.54 Å². The van der Waals surface area contributed by atoms with Gasteiger partial charge in [-0.1, -0.05) is 103 Å². The summed E-state index contributed by atoms with van der Waals surface area (Å²) >= 11 is 0. The molecular weight excluding hydrogens is 508 g/mol. The van der Waals surface area contributed by atoms with E-state index in [0.29, 0.717) is 0 Å². The summed E-state index contributed by atoms with van der Waals surface area (Å²) in [5.41, 5.74) is 11.9. The van der Waals surface area contributed by atoms with E-state index in [2.05, 4.69) is 176 Å². The van der Waals surface area contributed by atoms with Crippen molar-refractivity contribution in [2.75, 3.05) is 5.32 Å². The Balaban J connectivity index is 1.23. The van der Waals surface area contributed by atoms with Gasteiger partial charge in [0, 0.05) is 22.1 Å². The fraction of sp³-hybridized carbons (Fsp3) is 0.100. The fourth-order valence-electron chi connectivity index (χ4n) is 6.24. The lowest BCUT2D eigenvalue weighted by Crippen LogP contribution is -2.28. The van der Waals surface area contributed by atoms with E-state index in [1.807, 2.05) is 0 Å². The molecule has 0 saturated carbocycles. The number of fused-ring (bicyclic) bond motifs is 3. The molecule has 6 aromatic carbocycles. The molecule has 0 aliphatic rings. The maximum Gasteiger partial charge on any atom is 0.0575 e. The topological polar surface area (TPSA) is 17.0 Å². The molecule has 2 nitrogen and oxygen atoms in total. The molecule has 0 radical (unpaired) electrons. The van der Waals surface area contributed by atoms with Crippen LogP contribution in [0.25, 0.3) is 49.7 Å². The zero-order valence-corrected chi connectivity index (χ0v) is 24.3. The Morgan fingerprint density at radius 1 is 0.524 bits per heavy atom. The second kappa shape index (κ2) is 10.4. The van der Waals surface area contributed by atoms with E-state index in [0.717, 1.165) is 5.69 Å². The molecule has 1 N–H and O–H groups in total. The van der Waals surface area contributed by atoms with Gasteiger partial charge in [-0.3, -0.25) is 0 Å². The number of anilines is 1. The number of aromatic nitrogens is 1. The Bertz CT molecular complexity index is 2010. The molecule has 1 heterocycles. The highest BCUT2D eigenvalue weighted by atomic mass is 15.0. The summed E-state index contributed by atoms with van der Waals surface area (Å²) in [5.74, 6) is 0. The molecule has 0 saturated heterocycles. The van der Waals surface area contributed by atoms with E-state index in [4.69, 9.17) is 0 Å². The molecule has 7 aromatic rings. The van der Waals surface area contributed by atoms with Crippen molar-refractivity contribution in [1.82, 2.24) is 4.57 Å². The first-order chi connectivity index (χ1) is 20.5. The molecule has 0 amide bonds. The van der Waals surface area contributed by atoms with Crippen LogP contribution in [0.15, 0.2) is 146 Å². The minimum Gasteiger partial charge on any atom is -0.376 e. The summed E-state index contributed by atoms with van der Waals surface area (Å²) in [6, 6.07) is 52.4. The number of nitrogens with one attached hydrogen (secondary N) is 1. The van der Waals surface area contributed by atoms with Crippen LogP contribution >= 0.6 is 0 Å². The molecule has 7 rings (SSSR count). The summed E-state index contributed by atoms with van der Waals surface area (Å²) in [7, 11) is 0. The lowest BCUT2D eigenvalue weighted by molar-refractivity contribution is 0.611. The van der Waals surface area contributed by atoms with E-state index >= 15 is 0 Å². The molecular formula is C40H34N2. The average Bonchev–Trinajstić information content (AvgIpc) is 3.35. The number of benzene rings is 6. The summed E-state index contributed by atoms with van der Waals surface area (Å²) < 4.78 is 2.37. The normalized spacial score (nSPS) is 11.7. The van der Waals surface area contributed by atoms with Gasteiger partial charge in [0.25, 0.3) is 0 Å². The van der Waals surface area contributed by atoms with Gasteiger partial charge in [0.15, 0.2) is 0 Å². The van der Waals surface area contributed by atoms with E-state index in [9.17, 15) is 0 Å². The van der Waals surface area contributed by atoms with Crippen molar-refractivity contribution in [3.63, 3.8) is 0 Å². The molecule has 0 unspecified atom stereocenters. The summed E-state index contributed by atoms with van der Waals surface area (Å²) in [5, 5.41) is 6.36. The van der Waals surface area contributed by atoms with Gasteiger partial charge < -0.3 is 9.88 Å². The van der Waals surface area contributed by atoms with Gasteiger partial charge >= 0.3 is 0 Å². The predicted octanol–water partition coefficient (Wildman–Crippen LogP) is 10.8. The van der Waals surface area contributed by atoms with Crippen LogP contribution in [0.2, 0.25) is 0 Å². The van der Waals surface area contributed by atoms with Crippen LogP contribution in [0, 0.1) is 6.92 Å². The van der Waals surface area contributed by atoms with Crippen molar-refractivity contribution >= 4 is 27.5 Å². The number of para-hydroxylation sites is 1. The quantitative estimate of drug-likeness (QED) is 0.221. The molecule has 0 spiro atoms. The Labute approximate surface area is 247 Å². The first-order valence-electron chi connectivity index (χ1n) is 14.6. The SMILES string of the molecule is Cc1ccc2c(c1)c1cc(-c3ccc(NC(C)(C)c4ccccc4-c4ccccc4)cc3)ccc1n2-c1ccccc1. The van der Waals surface area contributed by atoms with Crippen LogP contribution < -0.4 is 5.32 Å². The zero-order valence-electron chi connectivity index (χ0n) is 24.3. The lowest BCUT2D eigenvalue weighted by Gasteiger charge is -2.30. The average molecular weight is 543 g/mol. The van der Waals surface area contributed by atoms with E-state index < -0.39 is 0 Å². The van der Waals surface area contributed by atoms with Gasteiger partial charge in [-0.2, -0.15) is 0 Å². The first kappa shape index (κ1) is 25.9. The van der Waals surface area contributed by atoms with Crippen LogP contribution in [0.1, 0.15) is 25.0 Å². The van der Waals surface area contributed by atoms with Crippen molar-refractivity contribution in [3.8, 4) is 27.9 Å². The largest absolute Gasteiger partial charge is 0.376 e. The Morgan fingerprint density at radius 2 is 1.12 bits per heavy atom. The van der Waals surface area contributed by atoms with Gasteiger partial charge in [-0.25, -0.2) is 0 Å². The summed E-state index contributed by atoms with van der Waals surface area (Å²) in [6.45, 7) is 6.67. The van der Waals surface area contributed by atoms with Crippen molar-refractivity contribution in [1.29, 1.82) is 0 Å². The van der Waals surface area contributed by atoms with Crippen molar-refractivity contribution in [2.45, 2.75) is 26.3 Å². The van der Waals surface area contributed by atoms with E-state index in [1.165, 1.54) is 60.9 Å².